The lowest BCUT2D eigenvalue weighted by Gasteiger charge is -2.28. The Bertz CT molecular complexity index is 308. The van der Waals surface area contributed by atoms with Crippen LogP contribution in [-0.4, -0.2) is 9.59 Å². The van der Waals surface area contributed by atoms with E-state index in [1.165, 1.54) is 35.7 Å². The average Bonchev–Trinajstić information content (AvgIpc) is 2.64. The molecule has 0 aliphatic heterocycles. The summed E-state index contributed by atoms with van der Waals surface area (Å²) in [4.78, 5) is 1.23. The molecule has 0 amide bonds. The second-order valence-corrected chi connectivity index (χ2v) is 4.98. The second-order valence-electron chi connectivity index (χ2n) is 4.19. The normalized spacial score (nSPS) is 18.8. The van der Waals surface area contributed by atoms with Crippen molar-refractivity contribution in [3.8, 4) is 0 Å². The minimum atomic E-state index is 0.255. The number of hydrogen-bond acceptors (Lipinski definition) is 5. The topological polar surface area (TPSA) is 63.8 Å². The second kappa shape index (κ2) is 5.01. The van der Waals surface area contributed by atoms with Gasteiger partial charge in [0.1, 0.15) is 0 Å². The summed E-state index contributed by atoms with van der Waals surface area (Å²) in [6.45, 7) is 2.11. The molecule has 5 heteroatoms. The largest absolute Gasteiger partial charge is 0.271 e. The van der Waals surface area contributed by atoms with Crippen LogP contribution in [0.5, 0.6) is 0 Å². The van der Waals surface area contributed by atoms with Crippen LogP contribution in [0.3, 0.4) is 0 Å². The zero-order chi connectivity index (χ0) is 10.7. The molecule has 15 heavy (non-hydrogen) atoms. The first-order valence-corrected chi connectivity index (χ1v) is 6.39. The van der Waals surface area contributed by atoms with Crippen LogP contribution in [0, 0.1) is 5.92 Å². The molecule has 0 spiro atoms. The van der Waals surface area contributed by atoms with Gasteiger partial charge in [0.25, 0.3) is 0 Å². The molecule has 1 aliphatic carbocycles. The standard InChI is InChI=1S/C10H18N4S/c1-2-8-10(15-14-13-8)9(12-11)6-7-4-3-5-7/h7,9,12H,2-6,11H2,1H3. The summed E-state index contributed by atoms with van der Waals surface area (Å²) in [7, 11) is 0. The fourth-order valence-corrected chi connectivity index (χ4v) is 2.85. The van der Waals surface area contributed by atoms with E-state index in [1.807, 2.05) is 0 Å². The molecule has 84 valence electrons. The highest BCUT2D eigenvalue weighted by Crippen LogP contribution is 2.35. The van der Waals surface area contributed by atoms with E-state index in [0.717, 1.165) is 24.5 Å². The molecule has 1 aromatic heterocycles. The summed E-state index contributed by atoms with van der Waals surface area (Å²) in [6.07, 6.45) is 6.16. The minimum absolute atomic E-state index is 0.255. The minimum Gasteiger partial charge on any atom is -0.271 e. The van der Waals surface area contributed by atoms with Gasteiger partial charge >= 0.3 is 0 Å². The maximum Gasteiger partial charge on any atom is 0.0801 e. The lowest BCUT2D eigenvalue weighted by molar-refractivity contribution is 0.263. The predicted octanol–water partition coefficient (Wildman–Crippen LogP) is 1.80. The summed E-state index contributed by atoms with van der Waals surface area (Å²) in [6, 6.07) is 0.255. The van der Waals surface area contributed by atoms with Gasteiger partial charge in [-0.2, -0.15) is 0 Å². The van der Waals surface area contributed by atoms with Gasteiger partial charge in [-0.25, -0.2) is 0 Å². The smallest absolute Gasteiger partial charge is 0.0801 e. The zero-order valence-electron chi connectivity index (χ0n) is 9.07. The summed E-state index contributed by atoms with van der Waals surface area (Å²) < 4.78 is 4.01. The van der Waals surface area contributed by atoms with Gasteiger partial charge in [-0.1, -0.05) is 30.7 Å². The SMILES string of the molecule is CCc1nnsc1C(CC1CCC1)NN. The summed E-state index contributed by atoms with van der Waals surface area (Å²) in [5.41, 5.74) is 4.01. The molecule has 0 aromatic carbocycles. The number of nitrogens with two attached hydrogens (primary N) is 1. The van der Waals surface area contributed by atoms with Gasteiger partial charge in [-0.15, -0.1) is 5.10 Å². The third kappa shape index (κ3) is 2.35. The zero-order valence-corrected chi connectivity index (χ0v) is 9.89. The van der Waals surface area contributed by atoms with Crippen molar-refractivity contribution < 1.29 is 0 Å². The Kier molecular flexibility index (Phi) is 3.66. The molecule has 3 N–H and O–H groups in total. The van der Waals surface area contributed by atoms with E-state index in [2.05, 4.69) is 21.9 Å². The Morgan fingerprint density at radius 1 is 1.60 bits per heavy atom. The highest BCUT2D eigenvalue weighted by Gasteiger charge is 2.25. The van der Waals surface area contributed by atoms with Crippen molar-refractivity contribution in [3.05, 3.63) is 10.6 Å². The number of nitrogens with one attached hydrogen (secondary N) is 1. The van der Waals surface area contributed by atoms with Gasteiger partial charge in [0.2, 0.25) is 0 Å². The maximum absolute atomic E-state index is 5.62. The van der Waals surface area contributed by atoms with Gasteiger partial charge in [-0.3, -0.25) is 11.3 Å². The Hall–Kier alpha value is -0.520. The Morgan fingerprint density at radius 2 is 2.40 bits per heavy atom. The highest BCUT2D eigenvalue weighted by molar-refractivity contribution is 7.05. The number of aromatic nitrogens is 2. The summed E-state index contributed by atoms with van der Waals surface area (Å²) in [5, 5.41) is 4.13. The summed E-state index contributed by atoms with van der Waals surface area (Å²) >= 11 is 1.48. The van der Waals surface area contributed by atoms with Crippen LogP contribution >= 0.6 is 11.5 Å². The van der Waals surface area contributed by atoms with E-state index in [9.17, 15) is 0 Å². The molecule has 0 radical (unpaired) electrons. The van der Waals surface area contributed by atoms with Crippen LogP contribution in [0.4, 0.5) is 0 Å². The predicted molar refractivity (Wildman–Crippen MR) is 61.3 cm³/mol. The lowest BCUT2D eigenvalue weighted by Crippen LogP contribution is -2.31. The molecule has 1 aliphatic rings. The number of hydrazine groups is 1. The van der Waals surface area contributed by atoms with Crippen molar-refractivity contribution in [3.63, 3.8) is 0 Å². The molecule has 1 fully saturated rings. The molecule has 1 unspecified atom stereocenters. The molecule has 1 heterocycles. The first-order chi connectivity index (χ1) is 7.35. The van der Waals surface area contributed by atoms with Crippen LogP contribution in [-0.2, 0) is 6.42 Å². The van der Waals surface area contributed by atoms with E-state index in [1.54, 1.807) is 0 Å². The van der Waals surface area contributed by atoms with Crippen molar-refractivity contribution in [1.82, 2.24) is 15.0 Å². The number of rotatable bonds is 5. The monoisotopic (exact) mass is 226 g/mol. The number of hydrogen-bond donors (Lipinski definition) is 2. The van der Waals surface area contributed by atoms with Gasteiger partial charge in [0.05, 0.1) is 16.6 Å². The van der Waals surface area contributed by atoms with Crippen LogP contribution in [0.1, 0.15) is 49.2 Å². The molecular formula is C10H18N4S. The fraction of sp³-hybridized carbons (Fsp3) is 0.800. The molecular weight excluding hydrogens is 208 g/mol. The Labute approximate surface area is 94.4 Å². The Morgan fingerprint density at radius 3 is 2.93 bits per heavy atom. The first kappa shape index (κ1) is 11.0. The van der Waals surface area contributed by atoms with Crippen molar-refractivity contribution in [2.75, 3.05) is 0 Å². The third-order valence-electron chi connectivity index (χ3n) is 3.23. The third-order valence-corrected chi connectivity index (χ3v) is 4.11. The van der Waals surface area contributed by atoms with Crippen molar-refractivity contribution >= 4 is 11.5 Å². The first-order valence-electron chi connectivity index (χ1n) is 5.62. The average molecular weight is 226 g/mol. The maximum atomic E-state index is 5.62. The van der Waals surface area contributed by atoms with Crippen LogP contribution in [0.15, 0.2) is 0 Å². The van der Waals surface area contributed by atoms with Gasteiger partial charge in [-0.05, 0) is 30.3 Å². The van der Waals surface area contributed by atoms with Gasteiger partial charge < -0.3 is 0 Å². The molecule has 4 nitrogen and oxygen atoms in total. The van der Waals surface area contributed by atoms with E-state index in [4.69, 9.17) is 5.84 Å². The van der Waals surface area contributed by atoms with Crippen molar-refractivity contribution in [1.29, 1.82) is 0 Å². The number of aryl methyl sites for hydroxylation is 1. The van der Waals surface area contributed by atoms with E-state index in [0.29, 0.717) is 0 Å². The van der Waals surface area contributed by atoms with Crippen LogP contribution < -0.4 is 11.3 Å². The summed E-state index contributed by atoms with van der Waals surface area (Å²) in [5.74, 6) is 6.46. The lowest BCUT2D eigenvalue weighted by atomic mass is 9.80. The highest BCUT2D eigenvalue weighted by atomic mass is 32.1. The molecule has 0 saturated heterocycles. The van der Waals surface area contributed by atoms with E-state index in [-0.39, 0.29) is 6.04 Å². The quantitative estimate of drug-likeness (QED) is 0.593. The van der Waals surface area contributed by atoms with Crippen molar-refractivity contribution in [2.45, 2.75) is 45.1 Å². The molecule has 1 saturated carbocycles. The molecule has 2 rings (SSSR count). The molecule has 1 aromatic rings. The Balaban J connectivity index is 2.04. The molecule has 0 bridgehead atoms. The van der Waals surface area contributed by atoms with Crippen LogP contribution in [0.25, 0.3) is 0 Å². The number of nitrogens with zero attached hydrogens (tertiary/aromatic N) is 2. The van der Waals surface area contributed by atoms with E-state index >= 15 is 0 Å². The molecule has 1 atom stereocenters. The van der Waals surface area contributed by atoms with Crippen molar-refractivity contribution in [2.24, 2.45) is 11.8 Å². The fourth-order valence-electron chi connectivity index (χ4n) is 2.04. The van der Waals surface area contributed by atoms with Crippen LogP contribution in [0.2, 0.25) is 0 Å². The van der Waals surface area contributed by atoms with Gasteiger partial charge in [0, 0.05) is 0 Å². The van der Waals surface area contributed by atoms with Gasteiger partial charge in [0.15, 0.2) is 0 Å². The van der Waals surface area contributed by atoms with E-state index < -0.39 is 0 Å².